The number of hydrogen-bond acceptors (Lipinski definition) is 4. The Morgan fingerprint density at radius 2 is 1.92 bits per heavy atom. The molecule has 0 spiro atoms. The van der Waals surface area contributed by atoms with E-state index in [-0.39, 0.29) is 17.9 Å². The fourth-order valence-electron chi connectivity index (χ4n) is 2.78. The van der Waals surface area contributed by atoms with Gasteiger partial charge in [0.25, 0.3) is 0 Å². The van der Waals surface area contributed by atoms with Crippen LogP contribution in [0, 0.1) is 10.1 Å². The third-order valence-corrected chi connectivity index (χ3v) is 4.37. The summed E-state index contributed by atoms with van der Waals surface area (Å²) in [6.45, 7) is 0.269. The second-order valence-corrected chi connectivity index (χ2v) is 6.01. The largest absolute Gasteiger partial charge is 0.354 e. The van der Waals surface area contributed by atoms with Crippen LogP contribution in [0.1, 0.15) is 18.4 Å². The van der Waals surface area contributed by atoms with E-state index in [9.17, 15) is 19.7 Å². The molecule has 1 aromatic heterocycles. The van der Waals surface area contributed by atoms with E-state index >= 15 is 0 Å². The zero-order valence-electron chi connectivity index (χ0n) is 13.0. The Morgan fingerprint density at radius 1 is 1.21 bits per heavy atom. The van der Waals surface area contributed by atoms with E-state index < -0.39 is 16.2 Å². The van der Waals surface area contributed by atoms with Crippen LogP contribution in [-0.2, 0) is 16.8 Å². The number of nitro groups is 1. The molecule has 1 heterocycles. The molecule has 0 aliphatic heterocycles. The van der Waals surface area contributed by atoms with Gasteiger partial charge in [-0.2, -0.15) is 0 Å². The fourth-order valence-corrected chi connectivity index (χ4v) is 2.78. The minimum Gasteiger partial charge on any atom is -0.354 e. The van der Waals surface area contributed by atoms with Crippen LogP contribution >= 0.6 is 0 Å². The van der Waals surface area contributed by atoms with E-state index in [1.165, 1.54) is 17.8 Å². The van der Waals surface area contributed by atoms with E-state index in [2.05, 4.69) is 5.32 Å². The number of hydrogen-bond donors (Lipinski definition) is 1. The van der Waals surface area contributed by atoms with Crippen LogP contribution in [0.15, 0.2) is 53.5 Å². The molecule has 2 aromatic rings. The van der Waals surface area contributed by atoms with Crippen molar-refractivity contribution in [1.82, 2.24) is 9.88 Å². The standard InChI is InChI=1S/C17H17N3O4/c21-15(11-19-10-4-7-14(16(19)22)20(23)24)18-12-17(8-9-17)13-5-2-1-3-6-13/h1-7,10H,8-9,11-12H2,(H,18,21). The molecule has 0 saturated heterocycles. The maximum atomic E-state index is 12.1. The molecule has 1 fully saturated rings. The number of carbonyl (C=O) groups excluding carboxylic acids is 1. The van der Waals surface area contributed by atoms with Gasteiger partial charge >= 0.3 is 11.2 Å². The molecule has 1 aliphatic carbocycles. The van der Waals surface area contributed by atoms with E-state index in [1.807, 2.05) is 30.3 Å². The molecule has 0 atom stereocenters. The smallest absolute Gasteiger partial charge is 0.334 e. The zero-order valence-corrected chi connectivity index (χ0v) is 13.0. The first-order chi connectivity index (χ1) is 11.5. The fraction of sp³-hybridized carbons (Fsp3) is 0.294. The minimum atomic E-state index is -0.776. The van der Waals surface area contributed by atoms with Gasteiger partial charge in [0.05, 0.1) is 4.92 Å². The summed E-state index contributed by atoms with van der Waals surface area (Å²) >= 11 is 0. The van der Waals surface area contributed by atoms with E-state index in [4.69, 9.17) is 0 Å². The van der Waals surface area contributed by atoms with Crippen molar-refractivity contribution in [3.8, 4) is 0 Å². The second-order valence-electron chi connectivity index (χ2n) is 6.01. The molecule has 124 valence electrons. The molecule has 1 N–H and O–H groups in total. The molecule has 1 aliphatic rings. The average molecular weight is 327 g/mol. The quantitative estimate of drug-likeness (QED) is 0.644. The normalized spacial score (nSPS) is 14.8. The first kappa shape index (κ1) is 15.9. The summed E-state index contributed by atoms with van der Waals surface area (Å²) < 4.78 is 1.05. The number of nitrogens with zero attached hydrogens (tertiary/aromatic N) is 2. The topological polar surface area (TPSA) is 94.2 Å². The SMILES string of the molecule is O=C(Cn1cccc([N+](=O)[O-])c1=O)NCC1(c2ccccc2)CC1. The summed E-state index contributed by atoms with van der Waals surface area (Å²) in [5.74, 6) is -0.334. The molecule has 1 saturated carbocycles. The third-order valence-electron chi connectivity index (χ3n) is 4.37. The molecular formula is C17H17N3O4. The van der Waals surface area contributed by atoms with Crippen molar-refractivity contribution < 1.29 is 9.72 Å². The number of benzene rings is 1. The van der Waals surface area contributed by atoms with Crippen LogP contribution in [0.4, 0.5) is 5.69 Å². The second kappa shape index (κ2) is 6.27. The molecule has 24 heavy (non-hydrogen) atoms. The summed E-state index contributed by atoms with van der Waals surface area (Å²) in [5.41, 5.74) is -0.141. The lowest BCUT2D eigenvalue weighted by Gasteiger charge is -2.16. The summed E-state index contributed by atoms with van der Waals surface area (Å²) in [5, 5.41) is 13.6. The molecule has 7 heteroatoms. The minimum absolute atomic E-state index is 0.0232. The summed E-state index contributed by atoms with van der Waals surface area (Å²) in [4.78, 5) is 34.1. The van der Waals surface area contributed by atoms with Gasteiger partial charge in [-0.15, -0.1) is 0 Å². The highest BCUT2D eigenvalue weighted by atomic mass is 16.6. The van der Waals surface area contributed by atoms with E-state index in [1.54, 1.807) is 0 Å². The molecular weight excluding hydrogens is 310 g/mol. The lowest BCUT2D eigenvalue weighted by Crippen LogP contribution is -2.36. The van der Waals surface area contributed by atoms with Gasteiger partial charge in [0.15, 0.2) is 0 Å². The average Bonchev–Trinajstić information content (AvgIpc) is 3.37. The van der Waals surface area contributed by atoms with Crippen LogP contribution in [-0.4, -0.2) is 21.9 Å². The first-order valence-electron chi connectivity index (χ1n) is 7.68. The highest BCUT2D eigenvalue weighted by molar-refractivity contribution is 5.76. The van der Waals surface area contributed by atoms with Gasteiger partial charge in [-0.05, 0) is 24.5 Å². The van der Waals surface area contributed by atoms with Gasteiger partial charge in [0.1, 0.15) is 6.54 Å². The Labute approximate surface area is 138 Å². The van der Waals surface area contributed by atoms with E-state index in [0.29, 0.717) is 6.54 Å². The molecule has 0 unspecified atom stereocenters. The molecule has 3 rings (SSSR count). The summed E-state index contributed by atoms with van der Waals surface area (Å²) in [6, 6.07) is 12.5. The first-order valence-corrected chi connectivity index (χ1v) is 7.68. The predicted octanol–water partition coefficient (Wildman–Crippen LogP) is 1.60. The number of aromatic nitrogens is 1. The zero-order chi connectivity index (χ0) is 17.2. The molecule has 1 amide bonds. The lowest BCUT2D eigenvalue weighted by molar-refractivity contribution is -0.386. The van der Waals surface area contributed by atoms with Gasteiger partial charge in [0, 0.05) is 24.2 Å². The molecule has 0 bridgehead atoms. The molecule has 0 radical (unpaired) electrons. The van der Waals surface area contributed by atoms with Gasteiger partial charge in [0.2, 0.25) is 5.91 Å². The number of nitrogens with one attached hydrogen (secondary N) is 1. The van der Waals surface area contributed by atoms with Crippen molar-refractivity contribution in [2.24, 2.45) is 0 Å². The highest BCUT2D eigenvalue weighted by Crippen LogP contribution is 2.47. The van der Waals surface area contributed by atoms with Crippen LogP contribution in [0.2, 0.25) is 0 Å². The van der Waals surface area contributed by atoms with Crippen molar-refractivity contribution in [3.63, 3.8) is 0 Å². The summed E-state index contributed by atoms with van der Waals surface area (Å²) in [7, 11) is 0. The highest BCUT2D eigenvalue weighted by Gasteiger charge is 2.44. The monoisotopic (exact) mass is 327 g/mol. The van der Waals surface area contributed by atoms with Crippen LogP contribution < -0.4 is 10.9 Å². The van der Waals surface area contributed by atoms with Gasteiger partial charge in [-0.1, -0.05) is 30.3 Å². The van der Waals surface area contributed by atoms with Gasteiger partial charge in [-0.25, -0.2) is 0 Å². The van der Waals surface area contributed by atoms with Crippen molar-refractivity contribution in [2.75, 3.05) is 6.54 Å². The number of rotatable bonds is 6. The Hall–Kier alpha value is -2.96. The van der Waals surface area contributed by atoms with Crippen molar-refractivity contribution in [2.45, 2.75) is 24.8 Å². The van der Waals surface area contributed by atoms with Crippen LogP contribution in [0.25, 0.3) is 0 Å². The third kappa shape index (κ3) is 3.19. The van der Waals surface area contributed by atoms with Crippen molar-refractivity contribution in [1.29, 1.82) is 0 Å². The van der Waals surface area contributed by atoms with Crippen molar-refractivity contribution >= 4 is 11.6 Å². The lowest BCUT2D eigenvalue weighted by atomic mass is 9.96. The maximum absolute atomic E-state index is 12.1. The van der Waals surface area contributed by atoms with Crippen LogP contribution in [0.5, 0.6) is 0 Å². The Balaban J connectivity index is 1.64. The molecule has 1 aromatic carbocycles. The Bertz CT molecular complexity index is 825. The number of carbonyl (C=O) groups is 1. The van der Waals surface area contributed by atoms with Crippen LogP contribution in [0.3, 0.4) is 0 Å². The van der Waals surface area contributed by atoms with Gasteiger partial charge in [-0.3, -0.25) is 19.7 Å². The molecule has 7 nitrogen and oxygen atoms in total. The van der Waals surface area contributed by atoms with E-state index in [0.717, 1.165) is 23.5 Å². The Kier molecular flexibility index (Phi) is 4.16. The van der Waals surface area contributed by atoms with Gasteiger partial charge < -0.3 is 9.88 Å². The number of amides is 1. The summed E-state index contributed by atoms with van der Waals surface area (Å²) in [6.07, 6.45) is 3.39. The maximum Gasteiger partial charge on any atom is 0.334 e. The Morgan fingerprint density at radius 3 is 2.54 bits per heavy atom. The van der Waals surface area contributed by atoms with Crippen molar-refractivity contribution in [3.05, 3.63) is 74.7 Å². The number of pyridine rings is 1. The predicted molar refractivity (Wildman–Crippen MR) is 87.7 cm³/mol.